The Labute approximate surface area is 404 Å². The van der Waals surface area contributed by atoms with E-state index in [1.165, 1.54) is 55.6 Å². The number of anilines is 3. The first-order valence-electron chi connectivity index (χ1n) is 23.7. The van der Waals surface area contributed by atoms with Gasteiger partial charge in [0.2, 0.25) is 0 Å². The van der Waals surface area contributed by atoms with Crippen LogP contribution in [0.3, 0.4) is 0 Å². The zero-order valence-corrected chi connectivity index (χ0v) is 38.0. The summed E-state index contributed by atoms with van der Waals surface area (Å²) in [4.78, 5) is 2.42. The van der Waals surface area contributed by atoms with E-state index in [0.717, 1.165) is 50.8 Å². The van der Waals surface area contributed by atoms with Gasteiger partial charge in [-0.2, -0.15) is 0 Å². The lowest BCUT2D eigenvalue weighted by Crippen LogP contribution is -2.28. The second kappa shape index (κ2) is 18.0. The predicted octanol–water partition coefficient (Wildman–Crippen LogP) is 18.0. The molecule has 0 saturated carbocycles. The second-order valence-corrected chi connectivity index (χ2v) is 17.6. The van der Waals surface area contributed by atoms with E-state index in [2.05, 4.69) is 254 Å². The summed E-state index contributed by atoms with van der Waals surface area (Å²) in [5.41, 5.74) is 19.1. The number of nitrogens with zero attached hydrogens (tertiary/aromatic N) is 1. The van der Waals surface area contributed by atoms with Gasteiger partial charge in [0, 0.05) is 22.6 Å². The van der Waals surface area contributed by atoms with Crippen molar-refractivity contribution in [3.05, 3.63) is 307 Å². The van der Waals surface area contributed by atoms with E-state index in [9.17, 15) is 0 Å². The van der Waals surface area contributed by atoms with Crippen LogP contribution in [0, 0.1) is 0 Å². The predicted molar refractivity (Wildman–Crippen MR) is 287 cm³/mol. The summed E-state index contributed by atoms with van der Waals surface area (Å²) in [6.45, 7) is 0. The van der Waals surface area contributed by atoms with Gasteiger partial charge in [-0.25, -0.2) is 0 Å². The van der Waals surface area contributed by atoms with Crippen LogP contribution in [-0.2, 0) is 5.41 Å². The number of ether oxygens (including phenoxy) is 1. The van der Waals surface area contributed by atoms with Crippen molar-refractivity contribution in [3.8, 4) is 67.1 Å². The number of hydrogen-bond donors (Lipinski definition) is 0. The van der Waals surface area contributed by atoms with E-state index >= 15 is 0 Å². The van der Waals surface area contributed by atoms with Gasteiger partial charge in [-0.15, -0.1) is 0 Å². The molecule has 0 saturated heterocycles. The molecule has 1 aliphatic carbocycles. The molecule has 0 heterocycles. The molecule has 0 atom stereocenters. The molecule has 0 unspecified atom stereocenters. The standard InChI is InChI=1S/C67H47NO/c1-6-20-48(21-7-1)51-24-18-25-52(44-51)50-36-39-57(40-37-50)68(58-31-19-26-53(45-58)49-22-8-2-9-23-49)59-41-43-63-62-42-38-54(61-34-16-17-35-66(61)69-60-32-14-5-15-33-60)46-64(62)67(65(63)47-59,55-27-10-3-11-28-55)56-29-12-4-13-30-56/h1-47H. The van der Waals surface area contributed by atoms with Crippen molar-refractivity contribution in [2.24, 2.45) is 0 Å². The van der Waals surface area contributed by atoms with Crippen LogP contribution in [-0.4, -0.2) is 0 Å². The first kappa shape index (κ1) is 41.5. The number of hydrogen-bond acceptors (Lipinski definition) is 2. The van der Waals surface area contributed by atoms with Crippen molar-refractivity contribution >= 4 is 17.1 Å². The van der Waals surface area contributed by atoms with Crippen LogP contribution in [0.2, 0.25) is 0 Å². The topological polar surface area (TPSA) is 12.5 Å². The molecule has 2 nitrogen and oxygen atoms in total. The Morgan fingerprint density at radius 2 is 0.696 bits per heavy atom. The van der Waals surface area contributed by atoms with E-state index in [-0.39, 0.29) is 0 Å². The molecular formula is C67H47NO. The van der Waals surface area contributed by atoms with Crippen LogP contribution in [0.15, 0.2) is 285 Å². The van der Waals surface area contributed by atoms with Gasteiger partial charge >= 0.3 is 0 Å². The molecular weight excluding hydrogens is 835 g/mol. The summed E-state index contributed by atoms with van der Waals surface area (Å²) < 4.78 is 6.58. The van der Waals surface area contributed by atoms with Crippen molar-refractivity contribution in [2.75, 3.05) is 4.90 Å². The lowest BCUT2D eigenvalue weighted by Gasteiger charge is -2.35. The molecule has 0 aliphatic heterocycles. The van der Waals surface area contributed by atoms with Gasteiger partial charge in [0.15, 0.2) is 0 Å². The van der Waals surface area contributed by atoms with E-state index in [0.29, 0.717) is 0 Å². The Morgan fingerprint density at radius 3 is 1.32 bits per heavy atom. The minimum absolute atomic E-state index is 0.653. The lowest BCUT2D eigenvalue weighted by molar-refractivity contribution is 0.484. The van der Waals surface area contributed by atoms with Crippen LogP contribution in [0.4, 0.5) is 17.1 Å². The van der Waals surface area contributed by atoms with Crippen molar-refractivity contribution in [3.63, 3.8) is 0 Å². The molecule has 0 amide bonds. The molecule has 2 heteroatoms. The van der Waals surface area contributed by atoms with Crippen molar-refractivity contribution in [2.45, 2.75) is 5.41 Å². The monoisotopic (exact) mass is 881 g/mol. The average Bonchev–Trinajstić information content (AvgIpc) is 3.72. The van der Waals surface area contributed by atoms with Gasteiger partial charge in [0.05, 0.1) is 5.41 Å². The van der Waals surface area contributed by atoms with Crippen LogP contribution < -0.4 is 9.64 Å². The van der Waals surface area contributed by atoms with Crippen LogP contribution in [0.25, 0.3) is 55.6 Å². The molecule has 11 aromatic carbocycles. The molecule has 1 aliphatic rings. The number of rotatable bonds is 11. The fourth-order valence-electron chi connectivity index (χ4n) is 10.4. The second-order valence-electron chi connectivity index (χ2n) is 17.6. The molecule has 0 fully saturated rings. The Kier molecular flexibility index (Phi) is 10.8. The van der Waals surface area contributed by atoms with E-state index in [1.54, 1.807) is 0 Å². The molecule has 0 aromatic heterocycles. The zero-order valence-electron chi connectivity index (χ0n) is 38.0. The molecule has 12 rings (SSSR count). The van der Waals surface area contributed by atoms with Crippen molar-refractivity contribution < 1.29 is 4.74 Å². The summed E-state index contributed by atoms with van der Waals surface area (Å²) in [5.74, 6) is 1.62. The summed E-state index contributed by atoms with van der Waals surface area (Å²) >= 11 is 0. The molecule has 69 heavy (non-hydrogen) atoms. The largest absolute Gasteiger partial charge is 0.457 e. The minimum Gasteiger partial charge on any atom is -0.457 e. The van der Waals surface area contributed by atoms with Crippen LogP contribution in [0.1, 0.15) is 22.3 Å². The minimum atomic E-state index is -0.653. The smallest absolute Gasteiger partial charge is 0.135 e. The Bertz CT molecular complexity index is 3510. The van der Waals surface area contributed by atoms with Gasteiger partial charge in [-0.1, -0.05) is 218 Å². The Morgan fingerprint density at radius 1 is 0.261 bits per heavy atom. The maximum atomic E-state index is 6.58. The molecule has 326 valence electrons. The quantitative estimate of drug-likeness (QED) is 0.128. The lowest BCUT2D eigenvalue weighted by atomic mass is 9.67. The third-order valence-corrected chi connectivity index (χ3v) is 13.6. The highest BCUT2D eigenvalue weighted by molar-refractivity contribution is 5.92. The fourth-order valence-corrected chi connectivity index (χ4v) is 10.4. The highest BCUT2D eigenvalue weighted by Crippen LogP contribution is 2.58. The molecule has 0 bridgehead atoms. The van der Waals surface area contributed by atoms with Crippen LogP contribution >= 0.6 is 0 Å². The third kappa shape index (κ3) is 7.68. The number of para-hydroxylation sites is 2. The first-order valence-corrected chi connectivity index (χ1v) is 23.7. The van der Waals surface area contributed by atoms with Gasteiger partial charge in [-0.05, 0) is 139 Å². The van der Waals surface area contributed by atoms with Gasteiger partial charge in [0.25, 0.3) is 0 Å². The van der Waals surface area contributed by atoms with E-state index < -0.39 is 5.41 Å². The van der Waals surface area contributed by atoms with Gasteiger partial charge < -0.3 is 9.64 Å². The maximum absolute atomic E-state index is 6.58. The van der Waals surface area contributed by atoms with Crippen molar-refractivity contribution in [1.29, 1.82) is 0 Å². The normalized spacial score (nSPS) is 12.2. The molecule has 0 radical (unpaired) electrons. The molecule has 11 aromatic rings. The molecule has 0 N–H and O–H groups in total. The SMILES string of the molecule is c1ccc(Oc2ccccc2-c2ccc3c(c2)C(c2ccccc2)(c2ccccc2)c2cc(N(c4ccc(-c5cccc(-c6ccccc6)c5)cc4)c4cccc(-c5ccccc5)c4)ccc2-3)cc1. The summed E-state index contributed by atoms with van der Waals surface area (Å²) in [6.07, 6.45) is 0. The number of fused-ring (bicyclic) bond motifs is 3. The highest BCUT2D eigenvalue weighted by atomic mass is 16.5. The average molecular weight is 882 g/mol. The third-order valence-electron chi connectivity index (χ3n) is 13.6. The Balaban J connectivity index is 1.04. The summed E-state index contributed by atoms with van der Waals surface area (Å²) in [5, 5.41) is 0. The van der Waals surface area contributed by atoms with E-state index in [1.807, 2.05) is 36.4 Å². The maximum Gasteiger partial charge on any atom is 0.135 e. The Hall–Kier alpha value is -8.98. The number of benzene rings is 11. The summed E-state index contributed by atoms with van der Waals surface area (Å²) in [6, 6.07) is 103. The first-order chi connectivity index (χ1) is 34.2. The zero-order chi connectivity index (χ0) is 46.0. The van der Waals surface area contributed by atoms with Gasteiger partial charge in [-0.3, -0.25) is 0 Å². The fraction of sp³-hybridized carbons (Fsp3) is 0.0149. The van der Waals surface area contributed by atoms with E-state index in [4.69, 9.17) is 4.74 Å². The van der Waals surface area contributed by atoms with Crippen molar-refractivity contribution in [1.82, 2.24) is 0 Å². The van der Waals surface area contributed by atoms with Gasteiger partial charge in [0.1, 0.15) is 11.5 Å². The molecule has 0 spiro atoms. The van der Waals surface area contributed by atoms with Crippen LogP contribution in [0.5, 0.6) is 11.5 Å². The summed E-state index contributed by atoms with van der Waals surface area (Å²) in [7, 11) is 0. The highest BCUT2D eigenvalue weighted by Gasteiger charge is 2.46.